The summed E-state index contributed by atoms with van der Waals surface area (Å²) >= 11 is 0. The summed E-state index contributed by atoms with van der Waals surface area (Å²) in [5.41, 5.74) is 4.66. The van der Waals surface area contributed by atoms with Crippen LogP contribution < -0.4 is 5.32 Å². The molecule has 1 N–H and O–H groups in total. The number of nitrogens with one attached hydrogen (secondary N) is 1. The molecule has 5 heteroatoms. The maximum Gasteiger partial charge on any atom is 0.255 e. The van der Waals surface area contributed by atoms with Gasteiger partial charge in [0.1, 0.15) is 11.5 Å². The van der Waals surface area contributed by atoms with Crippen LogP contribution in [-0.2, 0) is 6.42 Å². The van der Waals surface area contributed by atoms with Crippen molar-refractivity contribution in [1.82, 2.24) is 15.1 Å². The minimum Gasteiger partial charge on any atom is -0.466 e. The van der Waals surface area contributed by atoms with Gasteiger partial charge in [0.05, 0.1) is 29.2 Å². The topological polar surface area (TPSA) is 60.1 Å². The largest absolute Gasteiger partial charge is 0.466 e. The molecule has 2 aromatic heterocycles. The van der Waals surface area contributed by atoms with Crippen molar-refractivity contribution < 1.29 is 9.21 Å². The minimum atomic E-state index is -0.132. The molecule has 0 fully saturated rings. The summed E-state index contributed by atoms with van der Waals surface area (Å²) in [6, 6.07) is 9.96. The highest BCUT2D eigenvalue weighted by Crippen LogP contribution is 2.22. The Bertz CT molecular complexity index is 919. The fourth-order valence-corrected chi connectivity index (χ4v) is 3.24. The lowest BCUT2D eigenvalue weighted by Crippen LogP contribution is -2.27. The van der Waals surface area contributed by atoms with Crippen LogP contribution in [0.1, 0.15) is 58.6 Å². The van der Waals surface area contributed by atoms with E-state index in [1.165, 1.54) is 5.56 Å². The number of amides is 1. The number of furan rings is 1. The third-order valence-electron chi connectivity index (χ3n) is 4.62. The summed E-state index contributed by atoms with van der Waals surface area (Å²) in [6.45, 7) is 9.87. The maximum absolute atomic E-state index is 12.8. The molecule has 0 aliphatic rings. The Morgan fingerprint density at radius 2 is 1.92 bits per heavy atom. The summed E-state index contributed by atoms with van der Waals surface area (Å²) in [4.78, 5) is 12.8. The molecule has 0 saturated heterocycles. The number of carbonyl (C=O) groups excluding carboxylic acids is 1. The van der Waals surface area contributed by atoms with Crippen LogP contribution in [0.25, 0.3) is 5.69 Å². The molecule has 3 aromatic rings. The molecule has 1 atom stereocenters. The van der Waals surface area contributed by atoms with E-state index in [2.05, 4.69) is 10.4 Å². The van der Waals surface area contributed by atoms with Crippen molar-refractivity contribution in [1.29, 1.82) is 0 Å². The number of benzene rings is 1. The van der Waals surface area contributed by atoms with Gasteiger partial charge in [0.15, 0.2) is 0 Å². The Morgan fingerprint density at radius 3 is 2.50 bits per heavy atom. The molecular weight excluding hydrogens is 326 g/mol. The molecule has 0 bridgehead atoms. The summed E-state index contributed by atoms with van der Waals surface area (Å²) in [6.07, 6.45) is 2.36. The molecule has 26 heavy (non-hydrogen) atoms. The summed E-state index contributed by atoms with van der Waals surface area (Å²) in [7, 11) is 0. The van der Waals surface area contributed by atoms with Crippen LogP contribution >= 0.6 is 0 Å². The molecule has 136 valence electrons. The van der Waals surface area contributed by atoms with Gasteiger partial charge in [0, 0.05) is 5.56 Å². The Balaban J connectivity index is 1.86. The van der Waals surface area contributed by atoms with E-state index in [4.69, 9.17) is 4.42 Å². The van der Waals surface area contributed by atoms with E-state index in [1.807, 2.05) is 69.6 Å². The fraction of sp³-hybridized carbons (Fsp3) is 0.333. The van der Waals surface area contributed by atoms with Gasteiger partial charge in [-0.3, -0.25) is 4.79 Å². The first-order chi connectivity index (χ1) is 12.4. The van der Waals surface area contributed by atoms with Gasteiger partial charge in [-0.05, 0) is 52.3 Å². The fourth-order valence-electron chi connectivity index (χ4n) is 3.24. The number of hydrogen-bond donors (Lipinski definition) is 1. The van der Waals surface area contributed by atoms with Crippen molar-refractivity contribution in [2.75, 3.05) is 0 Å². The van der Waals surface area contributed by atoms with Gasteiger partial charge in [-0.25, -0.2) is 4.68 Å². The quantitative estimate of drug-likeness (QED) is 0.739. The zero-order valence-electron chi connectivity index (χ0n) is 16.0. The van der Waals surface area contributed by atoms with E-state index in [1.54, 1.807) is 6.20 Å². The zero-order chi connectivity index (χ0) is 18.8. The van der Waals surface area contributed by atoms with Gasteiger partial charge < -0.3 is 9.73 Å². The number of aromatic nitrogens is 2. The van der Waals surface area contributed by atoms with Crippen LogP contribution in [0.4, 0.5) is 0 Å². The highest BCUT2D eigenvalue weighted by Gasteiger charge is 2.21. The summed E-state index contributed by atoms with van der Waals surface area (Å²) in [5.74, 6) is 1.56. The minimum absolute atomic E-state index is 0.119. The lowest BCUT2D eigenvalue weighted by atomic mass is 10.1. The van der Waals surface area contributed by atoms with Gasteiger partial charge in [-0.2, -0.15) is 5.10 Å². The smallest absolute Gasteiger partial charge is 0.255 e. The van der Waals surface area contributed by atoms with E-state index in [0.29, 0.717) is 5.56 Å². The van der Waals surface area contributed by atoms with Gasteiger partial charge >= 0.3 is 0 Å². The van der Waals surface area contributed by atoms with Gasteiger partial charge in [0.2, 0.25) is 0 Å². The van der Waals surface area contributed by atoms with Crippen molar-refractivity contribution in [3.63, 3.8) is 0 Å². The molecule has 2 heterocycles. The molecule has 0 spiro atoms. The second-order valence-electron chi connectivity index (χ2n) is 6.67. The number of hydrogen-bond acceptors (Lipinski definition) is 3. The molecule has 5 nitrogen and oxygen atoms in total. The maximum atomic E-state index is 12.8. The highest BCUT2D eigenvalue weighted by molar-refractivity contribution is 5.95. The Labute approximate surface area is 154 Å². The Kier molecular flexibility index (Phi) is 4.98. The lowest BCUT2D eigenvalue weighted by molar-refractivity contribution is 0.0938. The van der Waals surface area contributed by atoms with Crippen molar-refractivity contribution in [3.05, 3.63) is 70.4 Å². The molecule has 0 aliphatic carbocycles. The first kappa shape index (κ1) is 18.0. The van der Waals surface area contributed by atoms with E-state index in [9.17, 15) is 4.79 Å². The number of carbonyl (C=O) groups is 1. The van der Waals surface area contributed by atoms with Crippen LogP contribution in [-0.4, -0.2) is 15.7 Å². The zero-order valence-corrected chi connectivity index (χ0v) is 16.0. The standard InChI is InChI=1S/C21H25N3O2/c1-6-20-19(12-22-24(20)17-9-7-13(2)8-10-17)21(25)23-15(4)18-11-14(3)26-16(18)5/h7-12,15H,6H2,1-5H3,(H,23,25). The monoisotopic (exact) mass is 351 g/mol. The van der Waals surface area contributed by atoms with Crippen LogP contribution in [0.5, 0.6) is 0 Å². The molecule has 1 unspecified atom stereocenters. The van der Waals surface area contributed by atoms with Crippen LogP contribution in [0.15, 0.2) is 40.9 Å². The molecule has 1 amide bonds. The van der Waals surface area contributed by atoms with Crippen LogP contribution in [0.2, 0.25) is 0 Å². The normalized spacial score (nSPS) is 12.2. The molecule has 3 rings (SSSR count). The van der Waals surface area contributed by atoms with E-state index >= 15 is 0 Å². The Hall–Kier alpha value is -2.82. The predicted molar refractivity (Wildman–Crippen MR) is 102 cm³/mol. The summed E-state index contributed by atoms with van der Waals surface area (Å²) < 4.78 is 7.41. The first-order valence-corrected chi connectivity index (χ1v) is 8.92. The molecule has 0 aliphatic heterocycles. The molecular formula is C21H25N3O2. The first-order valence-electron chi connectivity index (χ1n) is 8.92. The molecule has 0 radical (unpaired) electrons. The third kappa shape index (κ3) is 3.43. The Morgan fingerprint density at radius 1 is 1.23 bits per heavy atom. The molecule has 1 aromatic carbocycles. The van der Waals surface area contributed by atoms with Crippen molar-refractivity contribution in [2.24, 2.45) is 0 Å². The lowest BCUT2D eigenvalue weighted by Gasteiger charge is -2.14. The van der Waals surface area contributed by atoms with E-state index in [-0.39, 0.29) is 11.9 Å². The second kappa shape index (κ2) is 7.20. The average Bonchev–Trinajstić information content (AvgIpc) is 3.18. The number of aryl methyl sites for hydroxylation is 3. The van der Waals surface area contributed by atoms with Crippen molar-refractivity contribution >= 4 is 5.91 Å². The summed E-state index contributed by atoms with van der Waals surface area (Å²) in [5, 5.41) is 7.51. The second-order valence-corrected chi connectivity index (χ2v) is 6.67. The number of nitrogens with zero attached hydrogens (tertiary/aromatic N) is 2. The third-order valence-corrected chi connectivity index (χ3v) is 4.62. The predicted octanol–water partition coefficient (Wildman–Crippen LogP) is 4.44. The SMILES string of the molecule is CCc1c(C(=O)NC(C)c2cc(C)oc2C)cnn1-c1ccc(C)cc1. The van der Waals surface area contributed by atoms with Crippen molar-refractivity contribution in [2.45, 2.75) is 47.1 Å². The van der Waals surface area contributed by atoms with E-state index < -0.39 is 0 Å². The van der Waals surface area contributed by atoms with E-state index in [0.717, 1.165) is 34.9 Å². The van der Waals surface area contributed by atoms with Gasteiger partial charge in [-0.15, -0.1) is 0 Å². The average molecular weight is 351 g/mol. The number of rotatable bonds is 5. The van der Waals surface area contributed by atoms with Crippen LogP contribution in [0, 0.1) is 20.8 Å². The van der Waals surface area contributed by atoms with Gasteiger partial charge in [-0.1, -0.05) is 24.6 Å². The highest BCUT2D eigenvalue weighted by atomic mass is 16.3. The van der Waals surface area contributed by atoms with Crippen molar-refractivity contribution in [3.8, 4) is 5.69 Å². The van der Waals surface area contributed by atoms with Crippen LogP contribution in [0.3, 0.4) is 0 Å². The van der Waals surface area contributed by atoms with Gasteiger partial charge in [0.25, 0.3) is 5.91 Å². The molecule has 0 saturated carbocycles.